The molecule has 0 atom stereocenters. The Labute approximate surface area is 169 Å². The molecule has 1 amide bonds. The molecule has 0 saturated carbocycles. The summed E-state index contributed by atoms with van der Waals surface area (Å²) in [5.74, 6) is -0.341. The van der Waals surface area contributed by atoms with Crippen molar-refractivity contribution in [3.8, 4) is 16.9 Å². The predicted molar refractivity (Wildman–Crippen MR) is 104 cm³/mol. The molecule has 1 aromatic carbocycles. The van der Waals surface area contributed by atoms with E-state index in [4.69, 9.17) is 0 Å². The first-order valence-corrected chi connectivity index (χ1v) is 8.81. The van der Waals surface area contributed by atoms with Crippen molar-refractivity contribution in [2.75, 3.05) is 5.32 Å². The fraction of sp³-hybridized carbons (Fsp3) is 0.0476. The van der Waals surface area contributed by atoms with Crippen molar-refractivity contribution in [1.82, 2.24) is 19.7 Å². The lowest BCUT2D eigenvalue weighted by Crippen LogP contribution is -2.12. The summed E-state index contributed by atoms with van der Waals surface area (Å²) in [5, 5.41) is 6.46. The first-order valence-electron chi connectivity index (χ1n) is 8.81. The lowest BCUT2D eigenvalue weighted by molar-refractivity contribution is -0.141. The van der Waals surface area contributed by atoms with Gasteiger partial charge in [0.2, 0.25) is 0 Å². The number of aromatic nitrogens is 4. The van der Waals surface area contributed by atoms with Crippen LogP contribution in [0.3, 0.4) is 0 Å². The fourth-order valence-electron chi connectivity index (χ4n) is 2.83. The summed E-state index contributed by atoms with van der Waals surface area (Å²) in [7, 11) is 0. The third-order valence-electron chi connectivity index (χ3n) is 4.27. The number of carbonyl (C=O) groups excluding carboxylic acids is 1. The van der Waals surface area contributed by atoms with Crippen LogP contribution in [0.15, 0.2) is 79.4 Å². The topological polar surface area (TPSA) is 72.7 Å². The molecule has 0 aliphatic carbocycles. The van der Waals surface area contributed by atoms with Gasteiger partial charge < -0.3 is 5.32 Å². The number of benzene rings is 1. The normalized spacial score (nSPS) is 11.3. The zero-order valence-electron chi connectivity index (χ0n) is 15.3. The van der Waals surface area contributed by atoms with E-state index < -0.39 is 11.9 Å². The molecule has 0 spiro atoms. The molecule has 0 bridgehead atoms. The van der Waals surface area contributed by atoms with E-state index in [0.717, 1.165) is 6.07 Å². The molecular formula is C21H14F3N5O. The SMILES string of the molecule is O=C(Nc1ccc(-n2nc(C(F)(F)F)cc2-c2ccncc2)cc1)c1cccnc1. The highest BCUT2D eigenvalue weighted by molar-refractivity contribution is 6.04. The number of nitrogens with zero attached hydrogens (tertiary/aromatic N) is 4. The zero-order chi connectivity index (χ0) is 21.1. The zero-order valence-corrected chi connectivity index (χ0v) is 15.3. The van der Waals surface area contributed by atoms with Gasteiger partial charge in [0, 0.05) is 36.0 Å². The Morgan fingerprint density at radius 3 is 2.30 bits per heavy atom. The van der Waals surface area contributed by atoms with Gasteiger partial charge in [0.05, 0.1) is 16.9 Å². The van der Waals surface area contributed by atoms with Gasteiger partial charge in [-0.1, -0.05) is 0 Å². The van der Waals surface area contributed by atoms with Crippen LogP contribution in [-0.4, -0.2) is 25.7 Å². The molecule has 0 aliphatic rings. The van der Waals surface area contributed by atoms with Crippen molar-refractivity contribution in [3.05, 3.63) is 90.6 Å². The third-order valence-corrected chi connectivity index (χ3v) is 4.27. The molecule has 1 N–H and O–H groups in total. The monoisotopic (exact) mass is 409 g/mol. The largest absolute Gasteiger partial charge is 0.435 e. The van der Waals surface area contributed by atoms with Gasteiger partial charge in [-0.2, -0.15) is 18.3 Å². The first-order chi connectivity index (χ1) is 14.4. The van der Waals surface area contributed by atoms with E-state index >= 15 is 0 Å². The number of hydrogen-bond donors (Lipinski definition) is 1. The van der Waals surface area contributed by atoms with Crippen LogP contribution in [-0.2, 0) is 6.18 Å². The maximum atomic E-state index is 13.2. The maximum absolute atomic E-state index is 13.2. The summed E-state index contributed by atoms with van der Waals surface area (Å²) in [5.41, 5.74) is 1.11. The van der Waals surface area contributed by atoms with Crippen LogP contribution in [0.25, 0.3) is 16.9 Å². The van der Waals surface area contributed by atoms with Crippen LogP contribution in [0.2, 0.25) is 0 Å². The Kier molecular flexibility index (Phi) is 5.01. The molecule has 0 radical (unpaired) electrons. The van der Waals surface area contributed by atoms with E-state index in [2.05, 4.69) is 20.4 Å². The fourth-order valence-corrected chi connectivity index (χ4v) is 2.83. The summed E-state index contributed by atoms with van der Waals surface area (Å²) in [4.78, 5) is 20.0. The number of pyridine rings is 2. The molecule has 30 heavy (non-hydrogen) atoms. The number of anilines is 1. The van der Waals surface area contributed by atoms with Crippen LogP contribution in [0.4, 0.5) is 18.9 Å². The second-order valence-electron chi connectivity index (χ2n) is 6.30. The van der Waals surface area contributed by atoms with E-state index in [-0.39, 0.29) is 11.6 Å². The average molecular weight is 409 g/mol. The van der Waals surface area contributed by atoms with E-state index in [0.29, 0.717) is 22.5 Å². The maximum Gasteiger partial charge on any atom is 0.435 e. The second kappa shape index (κ2) is 7.78. The van der Waals surface area contributed by atoms with E-state index in [1.54, 1.807) is 54.7 Å². The van der Waals surface area contributed by atoms with Gasteiger partial charge in [0.25, 0.3) is 5.91 Å². The summed E-state index contributed by atoms with van der Waals surface area (Å²) >= 11 is 0. The van der Waals surface area contributed by atoms with Crippen molar-refractivity contribution >= 4 is 11.6 Å². The van der Waals surface area contributed by atoms with Crippen LogP contribution in [0.1, 0.15) is 16.1 Å². The quantitative estimate of drug-likeness (QED) is 0.535. The molecule has 3 aromatic heterocycles. The molecule has 0 saturated heterocycles. The molecule has 0 unspecified atom stereocenters. The molecule has 4 aromatic rings. The second-order valence-corrected chi connectivity index (χ2v) is 6.30. The van der Waals surface area contributed by atoms with Crippen molar-refractivity contribution in [2.24, 2.45) is 0 Å². The van der Waals surface area contributed by atoms with Gasteiger partial charge in [0.1, 0.15) is 0 Å². The van der Waals surface area contributed by atoms with Crippen LogP contribution in [0, 0.1) is 0 Å². The van der Waals surface area contributed by atoms with Crippen molar-refractivity contribution in [2.45, 2.75) is 6.18 Å². The number of nitrogens with one attached hydrogen (secondary N) is 1. The van der Waals surface area contributed by atoms with Crippen molar-refractivity contribution in [1.29, 1.82) is 0 Å². The molecule has 0 aliphatic heterocycles. The van der Waals surface area contributed by atoms with Crippen LogP contribution < -0.4 is 5.32 Å². The van der Waals surface area contributed by atoms with Gasteiger partial charge in [-0.3, -0.25) is 14.8 Å². The summed E-state index contributed by atoms with van der Waals surface area (Å²) in [6, 6.07) is 13.8. The van der Waals surface area contributed by atoms with Crippen LogP contribution >= 0.6 is 0 Å². The van der Waals surface area contributed by atoms with Gasteiger partial charge >= 0.3 is 6.18 Å². The van der Waals surface area contributed by atoms with Gasteiger partial charge in [-0.15, -0.1) is 0 Å². The Hall–Kier alpha value is -4.01. The third kappa shape index (κ3) is 4.04. The minimum Gasteiger partial charge on any atom is -0.322 e. The smallest absolute Gasteiger partial charge is 0.322 e. The Morgan fingerprint density at radius 2 is 1.67 bits per heavy atom. The lowest BCUT2D eigenvalue weighted by atomic mass is 10.1. The number of hydrogen-bond acceptors (Lipinski definition) is 4. The molecule has 150 valence electrons. The summed E-state index contributed by atoms with van der Waals surface area (Å²) < 4.78 is 40.9. The molecule has 6 nitrogen and oxygen atoms in total. The predicted octanol–water partition coefficient (Wildman–Crippen LogP) is 4.60. The van der Waals surface area contributed by atoms with Crippen LogP contribution in [0.5, 0.6) is 0 Å². The average Bonchev–Trinajstić information content (AvgIpc) is 3.22. The van der Waals surface area contributed by atoms with E-state index in [1.165, 1.54) is 23.3 Å². The summed E-state index contributed by atoms with van der Waals surface area (Å²) in [6.45, 7) is 0. The number of rotatable bonds is 4. The van der Waals surface area contributed by atoms with Gasteiger partial charge in [-0.05, 0) is 54.6 Å². The Balaban J connectivity index is 1.65. The number of carbonyl (C=O) groups is 1. The van der Waals surface area contributed by atoms with Crippen molar-refractivity contribution < 1.29 is 18.0 Å². The molecule has 9 heteroatoms. The standard InChI is InChI=1S/C21H14F3N5O/c22-21(23,24)19-12-18(14-7-10-25-11-8-14)29(28-19)17-5-3-16(4-6-17)27-20(30)15-2-1-9-26-13-15/h1-13H,(H,27,30). The highest BCUT2D eigenvalue weighted by Crippen LogP contribution is 2.33. The van der Waals surface area contributed by atoms with E-state index in [9.17, 15) is 18.0 Å². The highest BCUT2D eigenvalue weighted by atomic mass is 19.4. The van der Waals surface area contributed by atoms with E-state index in [1.807, 2.05) is 0 Å². The molecular weight excluding hydrogens is 395 g/mol. The minimum atomic E-state index is -4.58. The van der Waals surface area contributed by atoms with Gasteiger partial charge in [-0.25, -0.2) is 4.68 Å². The molecule has 4 rings (SSSR count). The highest BCUT2D eigenvalue weighted by Gasteiger charge is 2.35. The summed E-state index contributed by atoms with van der Waals surface area (Å²) in [6.07, 6.45) is 1.41. The number of alkyl halides is 3. The Morgan fingerprint density at radius 1 is 0.933 bits per heavy atom. The molecule has 3 heterocycles. The number of halogens is 3. The number of amides is 1. The first kappa shape index (κ1) is 19.3. The van der Waals surface area contributed by atoms with Gasteiger partial charge in [0.15, 0.2) is 5.69 Å². The van der Waals surface area contributed by atoms with Crippen molar-refractivity contribution in [3.63, 3.8) is 0 Å². The lowest BCUT2D eigenvalue weighted by Gasteiger charge is -2.09. The minimum absolute atomic E-state index is 0.275. The Bertz CT molecular complexity index is 1160. The molecule has 0 fully saturated rings.